The molecule has 2 aromatic rings. The normalized spacial score (nSPS) is 10.5. The molecule has 2 N–H and O–H groups in total. The zero-order chi connectivity index (χ0) is 10.7. The lowest BCUT2D eigenvalue weighted by molar-refractivity contribution is 0.982. The van der Waals surface area contributed by atoms with E-state index in [-0.39, 0.29) is 0 Å². The molecule has 4 heteroatoms. The summed E-state index contributed by atoms with van der Waals surface area (Å²) in [5.41, 5.74) is 7.56. The molecule has 0 saturated carbocycles. The molecule has 0 fully saturated rings. The van der Waals surface area contributed by atoms with Crippen LogP contribution in [-0.2, 0) is 13.0 Å². The molecule has 78 valence electrons. The van der Waals surface area contributed by atoms with Crippen molar-refractivity contribution in [2.45, 2.75) is 13.0 Å². The molecule has 1 heterocycles. The Kier molecular flexibility index (Phi) is 3.36. The van der Waals surface area contributed by atoms with Gasteiger partial charge in [-0.3, -0.25) is 0 Å². The van der Waals surface area contributed by atoms with Crippen molar-refractivity contribution >= 4 is 22.9 Å². The Bertz CT molecular complexity index is 453. The third-order valence-electron chi connectivity index (χ3n) is 2.11. The first kappa shape index (κ1) is 10.6. The highest BCUT2D eigenvalue weighted by Gasteiger charge is 2.04. The second-order valence-corrected chi connectivity index (χ2v) is 4.55. The number of rotatable bonds is 3. The van der Waals surface area contributed by atoms with Crippen LogP contribution in [0.2, 0.25) is 5.02 Å². The molecule has 0 unspecified atom stereocenters. The van der Waals surface area contributed by atoms with Gasteiger partial charge in [-0.05, 0) is 11.6 Å². The molecule has 1 aromatic carbocycles. The lowest BCUT2D eigenvalue weighted by Gasteiger charge is -2.00. The van der Waals surface area contributed by atoms with Crippen LogP contribution in [0.25, 0.3) is 0 Å². The number of benzene rings is 1. The van der Waals surface area contributed by atoms with Crippen LogP contribution < -0.4 is 5.73 Å². The maximum atomic E-state index is 6.07. The molecule has 0 atom stereocenters. The van der Waals surface area contributed by atoms with Crippen LogP contribution in [0.1, 0.15) is 16.3 Å². The van der Waals surface area contributed by atoms with Crippen LogP contribution in [0.5, 0.6) is 0 Å². The van der Waals surface area contributed by atoms with Gasteiger partial charge in [-0.1, -0.05) is 29.8 Å². The van der Waals surface area contributed by atoms with Gasteiger partial charge >= 0.3 is 0 Å². The van der Waals surface area contributed by atoms with E-state index in [9.17, 15) is 0 Å². The molecule has 0 amide bonds. The molecule has 1 aromatic heterocycles. The first-order valence-corrected chi connectivity index (χ1v) is 5.92. The van der Waals surface area contributed by atoms with E-state index < -0.39 is 0 Å². The third-order valence-corrected chi connectivity index (χ3v) is 3.37. The van der Waals surface area contributed by atoms with Gasteiger partial charge < -0.3 is 5.73 Å². The van der Waals surface area contributed by atoms with E-state index in [1.807, 2.05) is 29.6 Å². The minimum atomic E-state index is 0.499. The summed E-state index contributed by atoms with van der Waals surface area (Å²) in [5, 5.41) is 3.84. The van der Waals surface area contributed by atoms with Crippen molar-refractivity contribution in [3.8, 4) is 0 Å². The molecular weight excluding hydrogens is 228 g/mol. The minimum absolute atomic E-state index is 0.499. The van der Waals surface area contributed by atoms with Gasteiger partial charge in [0.05, 0.1) is 10.7 Å². The fraction of sp³-hybridized carbons (Fsp3) is 0.182. The Morgan fingerprint density at radius 3 is 2.80 bits per heavy atom. The van der Waals surface area contributed by atoms with Gasteiger partial charge in [0.1, 0.15) is 0 Å². The summed E-state index contributed by atoms with van der Waals surface area (Å²) in [6.07, 6.45) is 0.782. The van der Waals surface area contributed by atoms with E-state index in [0.29, 0.717) is 6.54 Å². The standard InChI is InChI=1S/C11H11ClN2S/c12-10-4-2-1-3-8(10)5-11-14-9(6-13)7-15-11/h1-4,7H,5-6,13H2. The van der Waals surface area contributed by atoms with E-state index >= 15 is 0 Å². The van der Waals surface area contributed by atoms with Gasteiger partial charge in [0.25, 0.3) is 0 Å². The fourth-order valence-electron chi connectivity index (χ4n) is 1.33. The molecule has 0 bridgehead atoms. The molecule has 0 aliphatic rings. The maximum Gasteiger partial charge on any atom is 0.0973 e. The molecule has 0 spiro atoms. The largest absolute Gasteiger partial charge is 0.325 e. The Labute approximate surface area is 97.7 Å². The summed E-state index contributed by atoms with van der Waals surface area (Å²) in [7, 11) is 0. The molecule has 0 radical (unpaired) electrons. The third kappa shape index (κ3) is 2.56. The van der Waals surface area contributed by atoms with Gasteiger partial charge in [-0.15, -0.1) is 11.3 Å². The Morgan fingerprint density at radius 1 is 1.33 bits per heavy atom. The van der Waals surface area contributed by atoms with Crippen molar-refractivity contribution in [2.24, 2.45) is 5.73 Å². The van der Waals surface area contributed by atoms with Crippen LogP contribution in [0.4, 0.5) is 0 Å². The lowest BCUT2D eigenvalue weighted by Crippen LogP contribution is -1.97. The molecule has 0 aliphatic heterocycles. The quantitative estimate of drug-likeness (QED) is 0.893. The summed E-state index contributed by atoms with van der Waals surface area (Å²) in [4.78, 5) is 4.40. The van der Waals surface area contributed by atoms with Gasteiger partial charge in [-0.25, -0.2) is 4.98 Å². The number of hydrogen-bond donors (Lipinski definition) is 1. The van der Waals surface area contributed by atoms with Crippen LogP contribution in [-0.4, -0.2) is 4.98 Å². The van der Waals surface area contributed by atoms with Gasteiger partial charge in [0, 0.05) is 23.4 Å². The summed E-state index contributed by atoms with van der Waals surface area (Å²) in [6.45, 7) is 0.499. The zero-order valence-corrected chi connectivity index (χ0v) is 9.68. The van der Waals surface area contributed by atoms with E-state index in [4.69, 9.17) is 17.3 Å². The molecule has 2 nitrogen and oxygen atoms in total. The van der Waals surface area contributed by atoms with Crippen molar-refractivity contribution in [3.05, 3.63) is 50.9 Å². The number of nitrogens with two attached hydrogens (primary N) is 1. The number of aromatic nitrogens is 1. The summed E-state index contributed by atoms with van der Waals surface area (Å²) < 4.78 is 0. The average Bonchev–Trinajstić information content (AvgIpc) is 2.69. The number of nitrogens with zero attached hydrogens (tertiary/aromatic N) is 1. The first-order valence-electron chi connectivity index (χ1n) is 4.66. The Balaban J connectivity index is 2.18. The van der Waals surface area contributed by atoms with Crippen LogP contribution in [0, 0.1) is 0 Å². The Morgan fingerprint density at radius 2 is 2.13 bits per heavy atom. The monoisotopic (exact) mass is 238 g/mol. The highest BCUT2D eigenvalue weighted by molar-refractivity contribution is 7.09. The van der Waals surface area contributed by atoms with E-state index in [2.05, 4.69) is 4.98 Å². The maximum absolute atomic E-state index is 6.07. The van der Waals surface area contributed by atoms with E-state index in [0.717, 1.165) is 27.7 Å². The van der Waals surface area contributed by atoms with E-state index in [1.165, 1.54) is 0 Å². The SMILES string of the molecule is NCc1csc(Cc2ccccc2Cl)n1. The summed E-state index contributed by atoms with van der Waals surface area (Å²) in [6, 6.07) is 7.83. The summed E-state index contributed by atoms with van der Waals surface area (Å²) >= 11 is 7.69. The topological polar surface area (TPSA) is 38.9 Å². The van der Waals surface area contributed by atoms with Gasteiger partial charge in [-0.2, -0.15) is 0 Å². The highest BCUT2D eigenvalue weighted by Crippen LogP contribution is 2.20. The summed E-state index contributed by atoms with van der Waals surface area (Å²) in [5.74, 6) is 0. The van der Waals surface area contributed by atoms with Crippen molar-refractivity contribution in [1.29, 1.82) is 0 Å². The molecule has 15 heavy (non-hydrogen) atoms. The van der Waals surface area contributed by atoms with Crippen molar-refractivity contribution in [2.75, 3.05) is 0 Å². The molecule has 0 aliphatic carbocycles. The van der Waals surface area contributed by atoms with Crippen LogP contribution in [0.3, 0.4) is 0 Å². The molecule has 2 rings (SSSR count). The molecular formula is C11H11ClN2S. The van der Waals surface area contributed by atoms with Gasteiger partial charge in [0.2, 0.25) is 0 Å². The number of thiazole rings is 1. The fourth-order valence-corrected chi connectivity index (χ4v) is 2.36. The average molecular weight is 239 g/mol. The minimum Gasteiger partial charge on any atom is -0.325 e. The molecule has 0 saturated heterocycles. The highest BCUT2D eigenvalue weighted by atomic mass is 35.5. The lowest BCUT2D eigenvalue weighted by atomic mass is 10.2. The van der Waals surface area contributed by atoms with Crippen molar-refractivity contribution in [1.82, 2.24) is 4.98 Å². The number of halogens is 1. The van der Waals surface area contributed by atoms with Crippen LogP contribution >= 0.6 is 22.9 Å². The smallest absolute Gasteiger partial charge is 0.0973 e. The van der Waals surface area contributed by atoms with Crippen molar-refractivity contribution < 1.29 is 0 Å². The van der Waals surface area contributed by atoms with Gasteiger partial charge in [0.15, 0.2) is 0 Å². The second kappa shape index (κ2) is 4.75. The van der Waals surface area contributed by atoms with Crippen LogP contribution in [0.15, 0.2) is 29.6 Å². The second-order valence-electron chi connectivity index (χ2n) is 3.20. The predicted octanol–water partition coefficient (Wildman–Crippen LogP) is 2.85. The zero-order valence-electron chi connectivity index (χ0n) is 8.11. The number of hydrogen-bond acceptors (Lipinski definition) is 3. The first-order chi connectivity index (χ1) is 7.29. The predicted molar refractivity (Wildman–Crippen MR) is 64.3 cm³/mol. The van der Waals surface area contributed by atoms with Crippen molar-refractivity contribution in [3.63, 3.8) is 0 Å². The Hall–Kier alpha value is -0.900. The van der Waals surface area contributed by atoms with E-state index in [1.54, 1.807) is 11.3 Å².